The van der Waals surface area contributed by atoms with Crippen molar-refractivity contribution in [3.63, 3.8) is 0 Å². The molecule has 0 heterocycles. The van der Waals surface area contributed by atoms with Crippen molar-refractivity contribution in [2.45, 2.75) is 108 Å². The second kappa shape index (κ2) is 17.5. The summed E-state index contributed by atoms with van der Waals surface area (Å²) in [5.74, 6) is 0. The Balaban J connectivity index is 2.12. The highest BCUT2D eigenvalue weighted by molar-refractivity contribution is 7.89. The zero-order chi connectivity index (χ0) is 24.4. The van der Waals surface area contributed by atoms with Crippen LogP contribution in [0.4, 0.5) is 0 Å². The lowest BCUT2D eigenvalue weighted by atomic mass is 10.0. The minimum Gasteiger partial charge on any atom is -0.329 e. The molecular formula is C27H52N3O2S+. The number of quaternary nitrogens is 1. The third-order valence-electron chi connectivity index (χ3n) is 6.40. The summed E-state index contributed by atoms with van der Waals surface area (Å²) in [5, 5.41) is 0. The van der Waals surface area contributed by atoms with E-state index in [4.69, 9.17) is 5.73 Å². The molecule has 0 bridgehead atoms. The predicted octanol–water partition coefficient (Wildman–Crippen LogP) is 5.98. The van der Waals surface area contributed by atoms with Crippen molar-refractivity contribution in [2.24, 2.45) is 5.73 Å². The Morgan fingerprint density at radius 1 is 0.758 bits per heavy atom. The predicted molar refractivity (Wildman–Crippen MR) is 142 cm³/mol. The average molecular weight is 483 g/mol. The lowest BCUT2D eigenvalue weighted by Gasteiger charge is -2.30. The highest BCUT2D eigenvalue weighted by Crippen LogP contribution is 2.16. The minimum atomic E-state index is -3.45. The first kappa shape index (κ1) is 30.1. The molecule has 0 aromatic heterocycles. The summed E-state index contributed by atoms with van der Waals surface area (Å²) in [6.45, 7) is 4.89. The van der Waals surface area contributed by atoms with Gasteiger partial charge in [0.2, 0.25) is 10.0 Å². The van der Waals surface area contributed by atoms with Gasteiger partial charge < -0.3 is 10.2 Å². The molecule has 6 heteroatoms. The molecule has 0 spiro atoms. The molecule has 1 aromatic carbocycles. The van der Waals surface area contributed by atoms with Gasteiger partial charge in [-0.15, -0.1) is 0 Å². The topological polar surface area (TPSA) is 72.2 Å². The van der Waals surface area contributed by atoms with E-state index in [1.165, 1.54) is 95.5 Å². The summed E-state index contributed by atoms with van der Waals surface area (Å²) in [4.78, 5) is 0.303. The lowest BCUT2D eigenvalue weighted by Crippen LogP contribution is -2.39. The molecule has 0 aliphatic rings. The molecule has 0 atom stereocenters. The van der Waals surface area contributed by atoms with Crippen molar-refractivity contribution in [1.29, 1.82) is 0 Å². The van der Waals surface area contributed by atoms with E-state index in [1.54, 1.807) is 12.1 Å². The highest BCUT2D eigenvalue weighted by Gasteiger charge is 2.17. The molecule has 33 heavy (non-hydrogen) atoms. The Hall–Kier alpha value is -0.950. The van der Waals surface area contributed by atoms with E-state index in [1.807, 2.05) is 12.1 Å². The number of hydrogen-bond acceptors (Lipinski definition) is 3. The Kier molecular flexibility index (Phi) is 15.9. The summed E-state index contributed by atoms with van der Waals surface area (Å²) < 4.78 is 27.8. The van der Waals surface area contributed by atoms with Gasteiger partial charge in [-0.3, -0.25) is 0 Å². The zero-order valence-electron chi connectivity index (χ0n) is 21.8. The van der Waals surface area contributed by atoms with Crippen molar-refractivity contribution in [1.82, 2.24) is 4.72 Å². The van der Waals surface area contributed by atoms with Crippen LogP contribution in [0.15, 0.2) is 29.2 Å². The summed E-state index contributed by atoms with van der Waals surface area (Å²) in [6.07, 6.45) is 19.4. The fourth-order valence-electron chi connectivity index (χ4n) is 4.36. The monoisotopic (exact) mass is 482 g/mol. The largest absolute Gasteiger partial charge is 0.329 e. The van der Waals surface area contributed by atoms with Crippen LogP contribution in [-0.4, -0.2) is 46.6 Å². The smallest absolute Gasteiger partial charge is 0.240 e. The number of sulfonamides is 1. The van der Waals surface area contributed by atoms with Crippen molar-refractivity contribution >= 4 is 10.0 Å². The molecule has 192 valence electrons. The van der Waals surface area contributed by atoms with E-state index in [0.29, 0.717) is 11.4 Å². The normalized spacial score (nSPS) is 12.4. The minimum absolute atomic E-state index is 0.257. The maximum atomic E-state index is 12.2. The number of rotatable bonds is 21. The number of nitrogens with one attached hydrogen (secondary N) is 1. The van der Waals surface area contributed by atoms with Crippen LogP contribution in [0.3, 0.4) is 0 Å². The Morgan fingerprint density at radius 2 is 1.21 bits per heavy atom. The molecular weight excluding hydrogens is 430 g/mol. The van der Waals surface area contributed by atoms with E-state index in [-0.39, 0.29) is 6.54 Å². The number of nitrogens with zero attached hydrogens (tertiary/aromatic N) is 1. The average Bonchev–Trinajstić information content (AvgIpc) is 2.78. The Morgan fingerprint density at radius 3 is 1.67 bits per heavy atom. The Labute approximate surface area is 205 Å². The fourth-order valence-corrected chi connectivity index (χ4v) is 5.41. The SMILES string of the molecule is CCCCCCCCCCCCCCCC[N+](C)(C)Cc1ccc(S(=O)(=O)NCCN)cc1. The van der Waals surface area contributed by atoms with Crippen molar-refractivity contribution < 1.29 is 12.9 Å². The Bertz CT molecular complexity index is 703. The fraction of sp³-hybridized carbons (Fsp3) is 0.778. The van der Waals surface area contributed by atoms with Crippen molar-refractivity contribution in [3.05, 3.63) is 29.8 Å². The van der Waals surface area contributed by atoms with Gasteiger partial charge in [0.05, 0.1) is 25.5 Å². The van der Waals surface area contributed by atoms with E-state index in [9.17, 15) is 8.42 Å². The maximum absolute atomic E-state index is 12.2. The van der Waals surface area contributed by atoms with E-state index in [2.05, 4.69) is 25.7 Å². The van der Waals surface area contributed by atoms with Gasteiger partial charge in [-0.25, -0.2) is 13.1 Å². The number of hydrogen-bond donors (Lipinski definition) is 2. The second-order valence-electron chi connectivity index (χ2n) is 10.2. The van der Waals surface area contributed by atoms with Crippen molar-refractivity contribution in [2.75, 3.05) is 33.7 Å². The maximum Gasteiger partial charge on any atom is 0.240 e. The molecule has 3 N–H and O–H groups in total. The second-order valence-corrected chi connectivity index (χ2v) is 12.0. The molecule has 0 fully saturated rings. The molecule has 1 aromatic rings. The van der Waals surface area contributed by atoms with Crippen LogP contribution in [-0.2, 0) is 16.6 Å². The van der Waals surface area contributed by atoms with Gasteiger partial charge in [0.25, 0.3) is 0 Å². The van der Waals surface area contributed by atoms with Gasteiger partial charge in [0, 0.05) is 18.7 Å². The third kappa shape index (κ3) is 14.8. The molecule has 0 saturated heterocycles. The van der Waals surface area contributed by atoms with E-state index in [0.717, 1.165) is 17.6 Å². The highest BCUT2D eigenvalue weighted by atomic mass is 32.2. The molecule has 0 aliphatic carbocycles. The third-order valence-corrected chi connectivity index (χ3v) is 7.87. The van der Waals surface area contributed by atoms with Gasteiger partial charge in [0.1, 0.15) is 6.54 Å². The molecule has 0 aliphatic heterocycles. The van der Waals surface area contributed by atoms with Gasteiger partial charge in [-0.05, 0) is 25.0 Å². The number of nitrogens with two attached hydrogens (primary N) is 1. The first-order valence-electron chi connectivity index (χ1n) is 13.4. The quantitative estimate of drug-likeness (QED) is 0.167. The van der Waals surface area contributed by atoms with Crippen LogP contribution in [0, 0.1) is 0 Å². The molecule has 0 radical (unpaired) electrons. The van der Waals surface area contributed by atoms with E-state index < -0.39 is 10.0 Å². The van der Waals surface area contributed by atoms with E-state index >= 15 is 0 Å². The van der Waals surface area contributed by atoms with Gasteiger partial charge in [-0.1, -0.05) is 96.1 Å². The van der Waals surface area contributed by atoms with Gasteiger partial charge >= 0.3 is 0 Å². The molecule has 5 nitrogen and oxygen atoms in total. The van der Waals surface area contributed by atoms with Crippen LogP contribution in [0.25, 0.3) is 0 Å². The molecule has 1 rings (SSSR count). The van der Waals surface area contributed by atoms with Crippen molar-refractivity contribution in [3.8, 4) is 0 Å². The van der Waals surface area contributed by atoms with Gasteiger partial charge in [-0.2, -0.15) is 0 Å². The van der Waals surface area contributed by atoms with Gasteiger partial charge in [0.15, 0.2) is 0 Å². The summed E-state index contributed by atoms with van der Waals surface area (Å²) in [5.41, 5.74) is 6.56. The number of benzene rings is 1. The standard InChI is InChI=1S/C27H52N3O2S/c1-4-5-6-7-8-9-10-11-12-13-14-15-16-17-24-30(2,3)25-26-18-20-27(21-19-26)33(31,32)29-23-22-28/h18-21,29H,4-17,22-25,28H2,1-3H3/q+1. The summed E-state index contributed by atoms with van der Waals surface area (Å²) >= 11 is 0. The number of unbranched alkanes of at least 4 members (excludes halogenated alkanes) is 13. The van der Waals surface area contributed by atoms with Crippen LogP contribution < -0.4 is 10.5 Å². The molecule has 0 unspecified atom stereocenters. The van der Waals surface area contributed by atoms with Crippen LogP contribution in [0.5, 0.6) is 0 Å². The summed E-state index contributed by atoms with van der Waals surface area (Å²) in [7, 11) is 1.06. The molecule has 0 saturated carbocycles. The first-order chi connectivity index (χ1) is 15.8. The van der Waals surface area contributed by atoms with Crippen LogP contribution in [0.2, 0.25) is 0 Å². The lowest BCUT2D eigenvalue weighted by molar-refractivity contribution is -0.903. The zero-order valence-corrected chi connectivity index (χ0v) is 22.6. The summed E-state index contributed by atoms with van der Waals surface area (Å²) in [6, 6.07) is 7.26. The first-order valence-corrected chi connectivity index (χ1v) is 14.9. The van der Waals surface area contributed by atoms with Crippen LogP contribution in [0.1, 0.15) is 102 Å². The van der Waals surface area contributed by atoms with Crippen LogP contribution >= 0.6 is 0 Å². The molecule has 0 amide bonds.